The van der Waals surface area contributed by atoms with E-state index in [1.807, 2.05) is 49.4 Å². The van der Waals surface area contributed by atoms with E-state index in [-0.39, 0.29) is 70.8 Å². The molecule has 4 bridgehead atoms. The molecule has 0 unspecified atom stereocenters. The van der Waals surface area contributed by atoms with Gasteiger partial charge >= 0.3 is 0 Å². The number of rotatable bonds is 11. The minimum absolute atomic E-state index is 0.0284. The maximum absolute atomic E-state index is 13.7. The second-order valence-corrected chi connectivity index (χ2v) is 27.4. The standard InChI is InChI=1S/C72H84N2O11/c1-3-42-32-54(43-13-10-15-48(75)30-43)44(33-59(42)77)29-45-31-51(83-50-16-4-5-17-50)36-56-64(79)58(39-82-65(45)56)63-61(18-12-27-80-2)84-66-52-22-20-49(76)35-55(52)62-37-57(66)67(63)85-68-53-21-19-46(34-60(53)78)72(68)47(14-11-28-81-62)38-73-71(74-72)40-69(23-6-7-24-69)70(41-71)25-8-9-26-70/h10,13,15,19-22,30-33,35-37,46-47,50,53,58,60-61,63-64,67-68,73-79H,3-9,12,16-18,23-29,34,38-41H2,1-2H3/t46-,47+,53+,58+,60+,61+,63+,64+,67-,68+,72+/m0/s1. The number of nitrogens with one attached hydrogen (secondary N) is 2. The summed E-state index contributed by atoms with van der Waals surface area (Å²) in [6.45, 7) is 3.44. The van der Waals surface area contributed by atoms with Crippen LogP contribution in [0, 0.1) is 52.3 Å². The van der Waals surface area contributed by atoms with Crippen LogP contribution in [0.25, 0.3) is 21.9 Å². The highest BCUT2D eigenvalue weighted by atomic mass is 16.5. The number of benzene rings is 5. The van der Waals surface area contributed by atoms with E-state index in [9.17, 15) is 25.5 Å². The molecule has 4 spiro atoms. The Labute approximate surface area is 499 Å². The number of aliphatic hydroxyl groups excluding tert-OH is 2. The quantitative estimate of drug-likeness (QED) is 0.0378. The molecule has 85 heavy (non-hydrogen) atoms. The molecule has 13 nitrogen and oxygen atoms in total. The van der Waals surface area contributed by atoms with Crippen LogP contribution in [0.5, 0.6) is 40.2 Å². The first-order valence-corrected chi connectivity index (χ1v) is 32.3. The SMILES string of the molecule is CCc1cc(-c2cccc(O)c2)c(Cc2cc(OC3CCCC3)cc3c2OC[C@H]([C@@H]2[C@@H](CCCOC)Oc4c5cc(c6cc(O)ccc46)OCC#C[C@@H]4CNC6(CC7(CCCC7)C7(CCCC7)C6)N[C@@]46[C@H](O[C@@H]52)[C@@H]2C=C[C@H]6C[C@H]2O)[C@@H]3O)cc1O. The lowest BCUT2D eigenvalue weighted by atomic mass is 9.55. The van der Waals surface area contributed by atoms with Gasteiger partial charge in [0.2, 0.25) is 0 Å². The van der Waals surface area contributed by atoms with Crippen LogP contribution >= 0.6 is 0 Å². The molecular formula is C72H84N2O11. The van der Waals surface area contributed by atoms with E-state index >= 15 is 0 Å². The third kappa shape index (κ3) is 9.23. The molecule has 0 amide bonds. The molecule has 11 atom stereocenters. The van der Waals surface area contributed by atoms with Gasteiger partial charge in [-0.25, -0.2) is 0 Å². The summed E-state index contributed by atoms with van der Waals surface area (Å²) < 4.78 is 42.6. The fraction of sp³-hybridized carbons (Fsp3) is 0.556. The van der Waals surface area contributed by atoms with Crippen LogP contribution < -0.4 is 29.6 Å². The molecule has 448 valence electrons. The van der Waals surface area contributed by atoms with E-state index in [1.54, 1.807) is 31.4 Å². The van der Waals surface area contributed by atoms with E-state index in [1.165, 1.54) is 51.4 Å². The number of methoxy groups -OCH3 is 1. The highest BCUT2D eigenvalue weighted by molar-refractivity contribution is 5.96. The van der Waals surface area contributed by atoms with Crippen LogP contribution in [0.2, 0.25) is 0 Å². The van der Waals surface area contributed by atoms with Gasteiger partial charge in [-0.05, 0) is 184 Å². The van der Waals surface area contributed by atoms with Crippen molar-refractivity contribution in [3.63, 3.8) is 0 Å². The molecule has 0 radical (unpaired) electrons. The molecule has 0 aromatic heterocycles. The second-order valence-electron chi connectivity index (χ2n) is 27.4. The first-order chi connectivity index (χ1) is 41.4. The maximum atomic E-state index is 13.7. The van der Waals surface area contributed by atoms with Gasteiger partial charge in [-0.3, -0.25) is 10.6 Å². The summed E-state index contributed by atoms with van der Waals surface area (Å²) in [5.74, 6) is 8.43. The van der Waals surface area contributed by atoms with Crippen LogP contribution in [-0.4, -0.2) is 94.6 Å². The lowest BCUT2D eigenvalue weighted by molar-refractivity contribution is -0.209. The van der Waals surface area contributed by atoms with Gasteiger partial charge in [0.05, 0.1) is 54.2 Å². The lowest BCUT2D eigenvalue weighted by Gasteiger charge is -2.64. The van der Waals surface area contributed by atoms with Crippen LogP contribution in [0.15, 0.2) is 84.9 Å². The fourth-order valence-corrected chi connectivity index (χ4v) is 19.2. The number of phenolic OH excluding ortho intramolecular Hbond substituents is 3. The smallest absolute Gasteiger partial charge is 0.149 e. The Balaban J connectivity index is 0.885. The number of fused-ring (bicyclic) bond motifs is 7. The summed E-state index contributed by atoms with van der Waals surface area (Å²) in [7, 11) is 1.72. The molecule has 5 aromatic rings. The number of hydrogen-bond acceptors (Lipinski definition) is 13. The van der Waals surface area contributed by atoms with Gasteiger partial charge in [0.15, 0.2) is 0 Å². The summed E-state index contributed by atoms with van der Waals surface area (Å²) in [6, 6.07) is 22.5. The summed E-state index contributed by atoms with van der Waals surface area (Å²) in [5, 5.41) is 69.8. The minimum atomic E-state index is -1.08. The Morgan fingerprint density at radius 2 is 1.56 bits per heavy atom. The zero-order valence-electron chi connectivity index (χ0n) is 49.4. The molecule has 5 aromatic carbocycles. The van der Waals surface area contributed by atoms with Gasteiger partial charge < -0.3 is 54.0 Å². The van der Waals surface area contributed by atoms with Crippen molar-refractivity contribution in [3.8, 4) is 63.2 Å². The summed E-state index contributed by atoms with van der Waals surface area (Å²) in [4.78, 5) is 0. The van der Waals surface area contributed by atoms with E-state index in [4.69, 9.17) is 28.4 Å². The average Bonchev–Trinajstić information content (AvgIpc) is 1.89. The Morgan fingerprint density at radius 3 is 2.32 bits per heavy atom. The predicted octanol–water partition coefficient (Wildman–Crippen LogP) is 12.2. The molecule has 11 aliphatic rings. The van der Waals surface area contributed by atoms with Crippen molar-refractivity contribution < 1.29 is 54.0 Å². The highest BCUT2D eigenvalue weighted by Crippen LogP contribution is 2.71. The van der Waals surface area contributed by atoms with E-state index in [0.29, 0.717) is 79.2 Å². The second kappa shape index (κ2) is 21.7. The monoisotopic (exact) mass is 1150 g/mol. The third-order valence-electron chi connectivity index (χ3n) is 22.9. The molecule has 5 saturated carbocycles. The number of hydrogen-bond donors (Lipinski definition) is 7. The van der Waals surface area contributed by atoms with Crippen molar-refractivity contribution in [1.29, 1.82) is 0 Å². The number of aryl methyl sites for hydroxylation is 1. The Morgan fingerprint density at radius 1 is 0.776 bits per heavy atom. The molecule has 7 aliphatic carbocycles. The van der Waals surface area contributed by atoms with Crippen molar-refractivity contribution in [2.75, 3.05) is 33.5 Å². The van der Waals surface area contributed by atoms with Gasteiger partial charge in [0, 0.05) is 77.8 Å². The molecule has 7 N–H and O–H groups in total. The van der Waals surface area contributed by atoms with E-state index in [2.05, 4.69) is 40.7 Å². The molecular weight excluding hydrogens is 1070 g/mol. The highest BCUT2D eigenvalue weighted by Gasteiger charge is 2.71. The summed E-state index contributed by atoms with van der Waals surface area (Å²) >= 11 is 0. The molecule has 6 fully saturated rings. The van der Waals surface area contributed by atoms with Crippen LogP contribution in [0.4, 0.5) is 0 Å². The van der Waals surface area contributed by atoms with E-state index in [0.717, 1.165) is 77.3 Å². The van der Waals surface area contributed by atoms with Crippen molar-refractivity contribution in [1.82, 2.24) is 10.6 Å². The van der Waals surface area contributed by atoms with Gasteiger partial charge in [0.1, 0.15) is 53.0 Å². The van der Waals surface area contributed by atoms with Crippen LogP contribution in [-0.2, 0) is 22.3 Å². The van der Waals surface area contributed by atoms with Crippen molar-refractivity contribution in [2.24, 2.45) is 40.4 Å². The summed E-state index contributed by atoms with van der Waals surface area (Å²) in [6.07, 6.45) is 20.3. The van der Waals surface area contributed by atoms with E-state index < -0.39 is 47.9 Å². The minimum Gasteiger partial charge on any atom is -0.508 e. The average molecular weight is 1150 g/mol. The topological polar surface area (TPSA) is 181 Å². The lowest BCUT2D eigenvalue weighted by Crippen LogP contribution is -2.82. The van der Waals surface area contributed by atoms with Crippen molar-refractivity contribution in [2.45, 2.75) is 177 Å². The Kier molecular flexibility index (Phi) is 14.2. The first kappa shape index (κ1) is 55.6. The largest absolute Gasteiger partial charge is 0.508 e. The Bertz CT molecular complexity index is 3450. The normalized spacial score (nSPS) is 31.7. The molecule has 4 aliphatic heterocycles. The number of ether oxygens (including phenoxy) is 6. The van der Waals surface area contributed by atoms with Gasteiger partial charge in [-0.1, -0.05) is 68.7 Å². The zero-order valence-corrected chi connectivity index (χ0v) is 49.4. The number of aliphatic hydroxyl groups is 2. The summed E-state index contributed by atoms with van der Waals surface area (Å²) in [5.41, 5.74) is 5.06. The van der Waals surface area contributed by atoms with Crippen molar-refractivity contribution >= 4 is 10.8 Å². The molecule has 4 heterocycles. The molecule has 13 heteroatoms. The molecule has 1 saturated heterocycles. The predicted molar refractivity (Wildman–Crippen MR) is 324 cm³/mol. The third-order valence-corrected chi connectivity index (χ3v) is 22.9. The van der Waals surface area contributed by atoms with Gasteiger partial charge in [0.25, 0.3) is 0 Å². The zero-order chi connectivity index (χ0) is 57.8. The van der Waals surface area contributed by atoms with Crippen LogP contribution in [0.3, 0.4) is 0 Å². The van der Waals surface area contributed by atoms with Gasteiger partial charge in [-0.2, -0.15) is 0 Å². The van der Waals surface area contributed by atoms with Crippen LogP contribution in [0.1, 0.15) is 156 Å². The fourth-order valence-electron chi connectivity index (χ4n) is 19.2. The first-order valence-electron chi connectivity index (χ1n) is 32.3. The van der Waals surface area contributed by atoms with Crippen molar-refractivity contribution in [3.05, 3.63) is 113 Å². The Hall–Kier alpha value is -5.98. The van der Waals surface area contributed by atoms with Gasteiger partial charge in [-0.15, -0.1) is 0 Å². The maximum Gasteiger partial charge on any atom is 0.149 e. The number of aromatic hydroxyl groups is 3. The molecule has 16 rings (SSSR count). The number of phenols is 3.